The molecule has 4 heteroatoms. The summed E-state index contributed by atoms with van der Waals surface area (Å²) in [4.78, 5) is 11.5. The lowest BCUT2D eigenvalue weighted by Crippen LogP contribution is -2.32. The third-order valence-corrected chi connectivity index (χ3v) is 2.59. The normalized spacial score (nSPS) is 24.3. The number of halogens is 1. The maximum absolute atomic E-state index is 12.8. The first kappa shape index (κ1) is 11.1. The van der Waals surface area contributed by atoms with Crippen LogP contribution in [-0.4, -0.2) is 24.7 Å². The van der Waals surface area contributed by atoms with Crippen molar-refractivity contribution in [1.29, 1.82) is 0 Å². The Balaban J connectivity index is 1.80. The Morgan fingerprint density at radius 1 is 1.44 bits per heavy atom. The van der Waals surface area contributed by atoms with Gasteiger partial charge < -0.3 is 10.1 Å². The Hall–Kier alpha value is -1.42. The van der Waals surface area contributed by atoms with Crippen molar-refractivity contribution < 1.29 is 13.9 Å². The highest BCUT2D eigenvalue weighted by Gasteiger charge is 2.30. The molecule has 1 heterocycles. The number of ether oxygens (including phenoxy) is 1. The summed E-state index contributed by atoms with van der Waals surface area (Å²) >= 11 is 0. The van der Waals surface area contributed by atoms with Gasteiger partial charge in [0.25, 0.3) is 0 Å². The van der Waals surface area contributed by atoms with E-state index in [1.807, 2.05) is 30.3 Å². The molecule has 2 rings (SSSR count). The summed E-state index contributed by atoms with van der Waals surface area (Å²) in [5.41, 5.74) is 0.936. The van der Waals surface area contributed by atoms with Crippen LogP contribution in [0.25, 0.3) is 0 Å². The Labute approximate surface area is 93.6 Å². The molecule has 2 atom stereocenters. The molecule has 0 amide bonds. The van der Waals surface area contributed by atoms with E-state index in [1.165, 1.54) is 0 Å². The number of carbonyl (C=O) groups excluding carboxylic acids is 1. The number of hydrogen-bond donors (Lipinski definition) is 1. The van der Waals surface area contributed by atoms with Gasteiger partial charge in [0.2, 0.25) is 0 Å². The summed E-state index contributed by atoms with van der Waals surface area (Å²) in [6.07, 6.45) is -0.720. The molecular formula is C12H14FNO2. The van der Waals surface area contributed by atoms with E-state index in [9.17, 15) is 9.18 Å². The van der Waals surface area contributed by atoms with Crippen molar-refractivity contribution in [3.63, 3.8) is 0 Å². The van der Waals surface area contributed by atoms with Crippen LogP contribution in [0.5, 0.6) is 0 Å². The summed E-state index contributed by atoms with van der Waals surface area (Å²) < 4.78 is 17.9. The Morgan fingerprint density at radius 3 is 2.81 bits per heavy atom. The fraction of sp³-hybridized carbons (Fsp3) is 0.417. The SMILES string of the molecule is O=C(OCc1ccccc1)[C@@H]1C[C@@H](F)CN1. The minimum Gasteiger partial charge on any atom is -0.460 e. The molecule has 3 nitrogen and oxygen atoms in total. The van der Waals surface area contributed by atoms with Crippen molar-refractivity contribution in [2.24, 2.45) is 0 Å². The van der Waals surface area contributed by atoms with E-state index >= 15 is 0 Å². The molecule has 1 fully saturated rings. The Bertz CT molecular complexity index is 355. The van der Waals surface area contributed by atoms with Gasteiger partial charge >= 0.3 is 5.97 Å². The van der Waals surface area contributed by atoms with Crippen molar-refractivity contribution in [2.75, 3.05) is 6.54 Å². The average Bonchev–Trinajstić information content (AvgIpc) is 2.74. The summed E-state index contributed by atoms with van der Waals surface area (Å²) in [7, 11) is 0. The van der Waals surface area contributed by atoms with Gasteiger partial charge in [-0.05, 0) is 5.56 Å². The van der Waals surface area contributed by atoms with Gasteiger partial charge in [-0.15, -0.1) is 0 Å². The molecule has 0 radical (unpaired) electrons. The van der Waals surface area contributed by atoms with Crippen LogP contribution in [0.2, 0.25) is 0 Å². The average molecular weight is 223 g/mol. The topological polar surface area (TPSA) is 38.3 Å². The van der Waals surface area contributed by atoms with Gasteiger partial charge in [-0.2, -0.15) is 0 Å². The first-order valence-corrected chi connectivity index (χ1v) is 5.34. The van der Waals surface area contributed by atoms with E-state index in [2.05, 4.69) is 5.32 Å². The lowest BCUT2D eigenvalue weighted by Gasteiger charge is -2.09. The highest BCUT2D eigenvalue weighted by Crippen LogP contribution is 2.12. The van der Waals surface area contributed by atoms with E-state index in [1.54, 1.807) is 0 Å². The summed E-state index contributed by atoms with van der Waals surface area (Å²) in [6.45, 7) is 0.486. The largest absolute Gasteiger partial charge is 0.460 e. The first-order chi connectivity index (χ1) is 7.75. The summed E-state index contributed by atoms with van der Waals surface area (Å²) in [5, 5.41) is 2.79. The number of carbonyl (C=O) groups is 1. The molecule has 86 valence electrons. The molecule has 1 aliphatic rings. The van der Waals surface area contributed by atoms with Crippen molar-refractivity contribution in [3.8, 4) is 0 Å². The molecule has 1 saturated heterocycles. The van der Waals surface area contributed by atoms with Gasteiger partial charge in [-0.3, -0.25) is 4.79 Å². The van der Waals surface area contributed by atoms with E-state index in [-0.39, 0.29) is 25.5 Å². The van der Waals surface area contributed by atoms with Crippen molar-refractivity contribution >= 4 is 5.97 Å². The number of esters is 1. The Kier molecular flexibility index (Phi) is 3.51. The second kappa shape index (κ2) is 5.07. The van der Waals surface area contributed by atoms with Crippen LogP contribution < -0.4 is 5.32 Å². The maximum atomic E-state index is 12.8. The van der Waals surface area contributed by atoms with Crippen LogP contribution in [0, 0.1) is 0 Å². The fourth-order valence-electron chi connectivity index (χ4n) is 1.70. The quantitative estimate of drug-likeness (QED) is 0.788. The zero-order chi connectivity index (χ0) is 11.4. The maximum Gasteiger partial charge on any atom is 0.323 e. The van der Waals surface area contributed by atoms with Gasteiger partial charge in [-0.25, -0.2) is 4.39 Å². The minimum absolute atomic E-state index is 0.216. The van der Waals surface area contributed by atoms with Gasteiger partial charge in [0.05, 0.1) is 0 Å². The molecule has 0 spiro atoms. The van der Waals surface area contributed by atoms with Gasteiger partial charge in [0.15, 0.2) is 0 Å². The van der Waals surface area contributed by atoms with E-state index < -0.39 is 12.2 Å². The number of nitrogens with one attached hydrogen (secondary N) is 1. The van der Waals surface area contributed by atoms with Crippen LogP contribution in [-0.2, 0) is 16.1 Å². The minimum atomic E-state index is -0.936. The zero-order valence-electron chi connectivity index (χ0n) is 8.86. The van der Waals surface area contributed by atoms with Crippen LogP contribution >= 0.6 is 0 Å². The highest BCUT2D eigenvalue weighted by atomic mass is 19.1. The molecule has 0 saturated carbocycles. The smallest absolute Gasteiger partial charge is 0.323 e. The predicted octanol–water partition coefficient (Wildman–Crippen LogP) is 1.43. The van der Waals surface area contributed by atoms with E-state index in [4.69, 9.17) is 4.74 Å². The van der Waals surface area contributed by atoms with Gasteiger partial charge in [0, 0.05) is 13.0 Å². The fourth-order valence-corrected chi connectivity index (χ4v) is 1.70. The van der Waals surface area contributed by atoms with Crippen LogP contribution in [0.15, 0.2) is 30.3 Å². The molecule has 0 unspecified atom stereocenters. The molecule has 0 aromatic heterocycles. The molecule has 1 N–H and O–H groups in total. The van der Waals surface area contributed by atoms with Crippen molar-refractivity contribution in [3.05, 3.63) is 35.9 Å². The number of alkyl halides is 1. The number of hydrogen-bond acceptors (Lipinski definition) is 3. The molecule has 16 heavy (non-hydrogen) atoms. The Morgan fingerprint density at radius 2 is 2.19 bits per heavy atom. The molecule has 1 aliphatic heterocycles. The first-order valence-electron chi connectivity index (χ1n) is 5.34. The summed E-state index contributed by atoms with van der Waals surface area (Å²) in [6, 6.07) is 8.94. The number of benzene rings is 1. The number of rotatable bonds is 3. The second-order valence-electron chi connectivity index (χ2n) is 3.89. The monoisotopic (exact) mass is 223 g/mol. The van der Waals surface area contributed by atoms with Crippen LogP contribution in [0.3, 0.4) is 0 Å². The van der Waals surface area contributed by atoms with Gasteiger partial charge in [-0.1, -0.05) is 30.3 Å². The third kappa shape index (κ3) is 2.79. The lowest BCUT2D eigenvalue weighted by atomic mass is 10.2. The van der Waals surface area contributed by atoms with E-state index in [0.29, 0.717) is 0 Å². The standard InChI is InChI=1S/C12H14FNO2/c13-10-6-11(14-7-10)12(15)16-8-9-4-2-1-3-5-9/h1-5,10-11,14H,6-8H2/t10-,11+/m1/s1. The van der Waals surface area contributed by atoms with E-state index in [0.717, 1.165) is 5.56 Å². The highest BCUT2D eigenvalue weighted by molar-refractivity contribution is 5.76. The predicted molar refractivity (Wildman–Crippen MR) is 57.5 cm³/mol. The van der Waals surface area contributed by atoms with Gasteiger partial charge in [0.1, 0.15) is 18.8 Å². The zero-order valence-corrected chi connectivity index (χ0v) is 8.86. The molecule has 0 aliphatic carbocycles. The lowest BCUT2D eigenvalue weighted by molar-refractivity contribution is -0.147. The second-order valence-corrected chi connectivity index (χ2v) is 3.89. The van der Waals surface area contributed by atoms with Crippen molar-refractivity contribution in [2.45, 2.75) is 25.2 Å². The third-order valence-electron chi connectivity index (χ3n) is 2.59. The van der Waals surface area contributed by atoms with Crippen molar-refractivity contribution in [1.82, 2.24) is 5.32 Å². The van der Waals surface area contributed by atoms with Crippen LogP contribution in [0.1, 0.15) is 12.0 Å². The molecule has 0 bridgehead atoms. The molecular weight excluding hydrogens is 209 g/mol. The summed E-state index contributed by atoms with van der Waals surface area (Å²) in [5.74, 6) is -0.371. The molecule has 1 aromatic rings. The van der Waals surface area contributed by atoms with Crippen LogP contribution in [0.4, 0.5) is 4.39 Å². The molecule has 1 aromatic carbocycles.